The van der Waals surface area contributed by atoms with Crippen molar-refractivity contribution in [2.75, 3.05) is 13.1 Å². The first-order valence-electron chi connectivity index (χ1n) is 5.76. The summed E-state index contributed by atoms with van der Waals surface area (Å²) >= 11 is 5.83. The van der Waals surface area contributed by atoms with Crippen molar-refractivity contribution in [3.63, 3.8) is 0 Å². The van der Waals surface area contributed by atoms with Gasteiger partial charge < -0.3 is 10.1 Å². The third-order valence-electron chi connectivity index (χ3n) is 2.44. The molecule has 0 radical (unpaired) electrons. The first-order chi connectivity index (χ1) is 7.63. The number of nitrogens with one attached hydrogen (secondary N) is 1. The first kappa shape index (κ1) is 13.3. The van der Waals surface area contributed by atoms with Crippen molar-refractivity contribution < 1.29 is 4.74 Å². The minimum Gasteiger partial charge on any atom is -0.489 e. The zero-order valence-electron chi connectivity index (χ0n) is 10.2. The predicted molar refractivity (Wildman–Crippen MR) is 69.2 cm³/mol. The lowest BCUT2D eigenvalue weighted by molar-refractivity contribution is 0.149. The highest BCUT2D eigenvalue weighted by molar-refractivity contribution is 6.30. The summed E-state index contributed by atoms with van der Waals surface area (Å²) < 4.78 is 5.91. The van der Waals surface area contributed by atoms with E-state index in [0.29, 0.717) is 5.92 Å². The van der Waals surface area contributed by atoms with Crippen molar-refractivity contribution in [2.45, 2.75) is 26.9 Å². The van der Waals surface area contributed by atoms with Gasteiger partial charge in [-0.25, -0.2) is 0 Å². The summed E-state index contributed by atoms with van der Waals surface area (Å²) in [4.78, 5) is 0. The van der Waals surface area contributed by atoms with Crippen LogP contribution in [0.4, 0.5) is 0 Å². The molecule has 2 nitrogen and oxygen atoms in total. The maximum absolute atomic E-state index is 5.91. The van der Waals surface area contributed by atoms with Gasteiger partial charge in [-0.3, -0.25) is 0 Å². The van der Waals surface area contributed by atoms with E-state index in [1.54, 1.807) is 0 Å². The van der Waals surface area contributed by atoms with Crippen LogP contribution < -0.4 is 10.1 Å². The van der Waals surface area contributed by atoms with Gasteiger partial charge in [0.15, 0.2) is 0 Å². The average molecular weight is 242 g/mol. The number of hydrogen-bond acceptors (Lipinski definition) is 2. The van der Waals surface area contributed by atoms with E-state index in [4.69, 9.17) is 16.3 Å². The molecule has 0 fully saturated rings. The van der Waals surface area contributed by atoms with Crippen LogP contribution in [0.2, 0.25) is 5.02 Å². The fourth-order valence-electron chi connectivity index (χ4n) is 1.39. The molecule has 1 aromatic rings. The second-order valence-corrected chi connectivity index (χ2v) is 4.60. The summed E-state index contributed by atoms with van der Waals surface area (Å²) in [6.07, 6.45) is 0.195. The van der Waals surface area contributed by atoms with Gasteiger partial charge in [0.2, 0.25) is 0 Å². The number of hydrogen-bond donors (Lipinski definition) is 1. The van der Waals surface area contributed by atoms with E-state index in [0.717, 1.165) is 23.9 Å². The van der Waals surface area contributed by atoms with E-state index in [-0.39, 0.29) is 6.10 Å². The maximum Gasteiger partial charge on any atom is 0.119 e. The van der Waals surface area contributed by atoms with Crippen LogP contribution in [0.25, 0.3) is 0 Å². The Morgan fingerprint density at radius 3 is 2.38 bits per heavy atom. The molecule has 0 amide bonds. The Kier molecular flexibility index (Phi) is 5.64. The highest BCUT2D eigenvalue weighted by atomic mass is 35.5. The first-order valence-corrected chi connectivity index (χ1v) is 6.14. The summed E-state index contributed by atoms with van der Waals surface area (Å²) in [5.41, 5.74) is 0. The van der Waals surface area contributed by atoms with Crippen molar-refractivity contribution in [1.29, 1.82) is 0 Å². The molecular weight excluding hydrogens is 222 g/mol. The van der Waals surface area contributed by atoms with Crippen LogP contribution in [-0.4, -0.2) is 19.2 Å². The standard InChI is InChI=1S/C13H20ClNO/c1-4-15-9-13(10(2)3)16-12-7-5-11(14)6-8-12/h5-8,10,13,15H,4,9H2,1-3H3. The van der Waals surface area contributed by atoms with Gasteiger partial charge in [-0.15, -0.1) is 0 Å². The molecule has 0 aliphatic rings. The Balaban J connectivity index is 2.57. The smallest absolute Gasteiger partial charge is 0.119 e. The fourth-order valence-corrected chi connectivity index (χ4v) is 1.51. The van der Waals surface area contributed by atoms with E-state index < -0.39 is 0 Å². The van der Waals surface area contributed by atoms with Crippen molar-refractivity contribution in [1.82, 2.24) is 5.32 Å². The molecule has 0 saturated carbocycles. The molecule has 1 atom stereocenters. The minimum absolute atomic E-state index is 0.195. The molecule has 0 spiro atoms. The van der Waals surface area contributed by atoms with Gasteiger partial charge in [-0.05, 0) is 36.7 Å². The molecule has 0 aromatic heterocycles. The molecule has 1 N–H and O–H groups in total. The third-order valence-corrected chi connectivity index (χ3v) is 2.69. The number of rotatable bonds is 6. The van der Waals surface area contributed by atoms with E-state index in [2.05, 4.69) is 26.1 Å². The summed E-state index contributed by atoms with van der Waals surface area (Å²) in [5.74, 6) is 1.36. The molecule has 1 aromatic carbocycles. The summed E-state index contributed by atoms with van der Waals surface area (Å²) in [7, 11) is 0. The normalized spacial score (nSPS) is 12.8. The van der Waals surface area contributed by atoms with Gasteiger partial charge in [0.05, 0.1) is 0 Å². The molecule has 0 bridgehead atoms. The van der Waals surface area contributed by atoms with Crippen LogP contribution in [0.15, 0.2) is 24.3 Å². The maximum atomic E-state index is 5.91. The Hall–Kier alpha value is -0.730. The highest BCUT2D eigenvalue weighted by Gasteiger charge is 2.14. The second kappa shape index (κ2) is 6.77. The van der Waals surface area contributed by atoms with Gasteiger partial charge in [0.1, 0.15) is 11.9 Å². The van der Waals surface area contributed by atoms with E-state index >= 15 is 0 Å². The SMILES string of the molecule is CCNCC(Oc1ccc(Cl)cc1)C(C)C. The summed E-state index contributed by atoms with van der Waals surface area (Å²) in [5, 5.41) is 4.05. The average Bonchev–Trinajstić information content (AvgIpc) is 2.26. The molecule has 0 aliphatic heterocycles. The Bertz CT molecular complexity index is 297. The number of likely N-dealkylation sites (N-methyl/N-ethyl adjacent to an activating group) is 1. The van der Waals surface area contributed by atoms with Gasteiger partial charge in [-0.1, -0.05) is 32.4 Å². The second-order valence-electron chi connectivity index (χ2n) is 4.16. The highest BCUT2D eigenvalue weighted by Crippen LogP contribution is 2.18. The van der Waals surface area contributed by atoms with Crippen LogP contribution in [0.1, 0.15) is 20.8 Å². The van der Waals surface area contributed by atoms with Gasteiger partial charge in [0.25, 0.3) is 0 Å². The monoisotopic (exact) mass is 241 g/mol. The molecular formula is C13H20ClNO. The van der Waals surface area contributed by atoms with Crippen LogP contribution >= 0.6 is 11.6 Å². The van der Waals surface area contributed by atoms with E-state index in [1.807, 2.05) is 24.3 Å². The molecule has 0 heterocycles. The lowest BCUT2D eigenvalue weighted by atomic mass is 10.1. The summed E-state index contributed by atoms with van der Waals surface area (Å²) in [6.45, 7) is 8.26. The summed E-state index contributed by atoms with van der Waals surface area (Å²) in [6, 6.07) is 7.51. The van der Waals surface area contributed by atoms with Crippen LogP contribution in [0, 0.1) is 5.92 Å². The van der Waals surface area contributed by atoms with Crippen LogP contribution in [0.3, 0.4) is 0 Å². The quantitative estimate of drug-likeness (QED) is 0.825. The number of halogens is 1. The Labute approximate surface area is 103 Å². The molecule has 3 heteroatoms. The predicted octanol–water partition coefficient (Wildman–Crippen LogP) is 3.35. The van der Waals surface area contributed by atoms with Gasteiger partial charge in [-0.2, -0.15) is 0 Å². The fraction of sp³-hybridized carbons (Fsp3) is 0.538. The van der Waals surface area contributed by atoms with Crippen molar-refractivity contribution in [3.8, 4) is 5.75 Å². The van der Waals surface area contributed by atoms with Crippen molar-refractivity contribution in [2.24, 2.45) is 5.92 Å². The third kappa shape index (κ3) is 4.42. The molecule has 1 unspecified atom stereocenters. The van der Waals surface area contributed by atoms with Crippen molar-refractivity contribution in [3.05, 3.63) is 29.3 Å². The topological polar surface area (TPSA) is 21.3 Å². The van der Waals surface area contributed by atoms with Crippen molar-refractivity contribution >= 4 is 11.6 Å². The number of benzene rings is 1. The van der Waals surface area contributed by atoms with Gasteiger partial charge in [0, 0.05) is 11.6 Å². The zero-order valence-corrected chi connectivity index (χ0v) is 10.9. The molecule has 1 rings (SSSR count). The molecule has 0 saturated heterocycles. The lowest BCUT2D eigenvalue weighted by Crippen LogP contribution is -2.35. The van der Waals surface area contributed by atoms with Crippen LogP contribution in [0.5, 0.6) is 5.75 Å². The van der Waals surface area contributed by atoms with E-state index in [1.165, 1.54) is 0 Å². The van der Waals surface area contributed by atoms with E-state index in [9.17, 15) is 0 Å². The molecule has 0 aliphatic carbocycles. The zero-order chi connectivity index (χ0) is 12.0. The molecule has 90 valence electrons. The largest absolute Gasteiger partial charge is 0.489 e. The van der Waals surface area contributed by atoms with Gasteiger partial charge >= 0.3 is 0 Å². The number of ether oxygens (including phenoxy) is 1. The Morgan fingerprint density at radius 1 is 1.25 bits per heavy atom. The molecule has 16 heavy (non-hydrogen) atoms. The minimum atomic E-state index is 0.195. The van der Waals surface area contributed by atoms with Crippen LogP contribution in [-0.2, 0) is 0 Å². The Morgan fingerprint density at radius 2 is 1.88 bits per heavy atom. The lowest BCUT2D eigenvalue weighted by Gasteiger charge is -2.22.